The fraction of sp³-hybridized carbons (Fsp3) is 0.591. The van der Waals surface area contributed by atoms with Gasteiger partial charge in [0.1, 0.15) is 0 Å². The number of aromatic nitrogens is 1. The van der Waals surface area contributed by atoms with Gasteiger partial charge >= 0.3 is 0 Å². The van der Waals surface area contributed by atoms with Crippen LogP contribution in [0, 0.1) is 6.92 Å². The summed E-state index contributed by atoms with van der Waals surface area (Å²) in [6.45, 7) is 7.28. The number of rotatable bonds is 4. The second-order valence-electron chi connectivity index (χ2n) is 8.06. The molecule has 2 aliphatic rings. The van der Waals surface area contributed by atoms with Crippen molar-refractivity contribution >= 4 is 16.7 Å². The predicted octanol–water partition coefficient (Wildman–Crippen LogP) is 3.62. The molecule has 0 saturated carbocycles. The lowest BCUT2D eigenvalue weighted by Gasteiger charge is -2.40. The van der Waals surface area contributed by atoms with E-state index in [2.05, 4.69) is 40.5 Å². The van der Waals surface area contributed by atoms with E-state index in [9.17, 15) is 4.79 Å². The Morgan fingerprint density at radius 1 is 1.04 bits per heavy atom. The number of fused-ring (bicyclic) bond motifs is 1. The molecule has 1 aromatic carbocycles. The van der Waals surface area contributed by atoms with Crippen LogP contribution in [-0.4, -0.2) is 58.9 Å². The van der Waals surface area contributed by atoms with E-state index in [1.165, 1.54) is 45.2 Å². The van der Waals surface area contributed by atoms with Crippen LogP contribution in [0.4, 0.5) is 0 Å². The van der Waals surface area contributed by atoms with Crippen LogP contribution in [0.25, 0.3) is 10.9 Å². The van der Waals surface area contributed by atoms with Crippen molar-refractivity contribution in [3.63, 3.8) is 0 Å². The summed E-state index contributed by atoms with van der Waals surface area (Å²) in [7, 11) is 2.05. The second kappa shape index (κ2) is 7.53. The minimum Gasteiger partial charge on any atom is -0.347 e. The van der Waals surface area contributed by atoms with E-state index in [-0.39, 0.29) is 5.78 Å². The van der Waals surface area contributed by atoms with Crippen molar-refractivity contribution in [3.05, 3.63) is 35.5 Å². The first-order chi connectivity index (χ1) is 12.6. The Morgan fingerprint density at radius 3 is 2.46 bits per heavy atom. The molecule has 0 unspecified atom stereocenters. The molecular formula is C22H31N3O. The van der Waals surface area contributed by atoms with E-state index in [1.807, 2.05) is 12.1 Å². The average Bonchev–Trinajstić information content (AvgIpc) is 2.94. The van der Waals surface area contributed by atoms with Gasteiger partial charge in [-0.25, -0.2) is 0 Å². The molecule has 0 aliphatic carbocycles. The molecule has 2 fully saturated rings. The summed E-state index contributed by atoms with van der Waals surface area (Å²) >= 11 is 0. The molecule has 2 aliphatic heterocycles. The molecule has 1 aromatic heterocycles. The van der Waals surface area contributed by atoms with Gasteiger partial charge in [-0.1, -0.05) is 24.6 Å². The van der Waals surface area contributed by atoms with E-state index in [0.29, 0.717) is 6.54 Å². The third kappa shape index (κ3) is 3.33. The van der Waals surface area contributed by atoms with Gasteiger partial charge < -0.3 is 9.47 Å². The maximum Gasteiger partial charge on any atom is 0.179 e. The van der Waals surface area contributed by atoms with Crippen LogP contribution >= 0.6 is 0 Å². The molecule has 0 bridgehead atoms. The van der Waals surface area contributed by atoms with Crippen molar-refractivity contribution in [2.24, 2.45) is 7.05 Å². The van der Waals surface area contributed by atoms with Crippen molar-refractivity contribution in [2.75, 3.05) is 32.7 Å². The smallest absolute Gasteiger partial charge is 0.179 e. The number of carbonyl (C=O) groups is 1. The summed E-state index contributed by atoms with van der Waals surface area (Å²) in [5, 5.41) is 1.10. The Bertz CT molecular complexity index is 780. The van der Waals surface area contributed by atoms with Gasteiger partial charge in [0, 0.05) is 48.3 Å². The predicted molar refractivity (Wildman–Crippen MR) is 107 cm³/mol. The third-order valence-electron chi connectivity index (χ3n) is 6.51. The first-order valence-electron chi connectivity index (χ1n) is 10.2. The number of carbonyl (C=O) groups excluding carboxylic acids is 1. The van der Waals surface area contributed by atoms with E-state index in [1.54, 1.807) is 0 Å². The number of aryl methyl sites for hydroxylation is 1. The summed E-state index contributed by atoms with van der Waals surface area (Å²) < 4.78 is 2.14. The Morgan fingerprint density at radius 2 is 1.73 bits per heavy atom. The number of para-hydroxylation sites is 1. The zero-order valence-corrected chi connectivity index (χ0v) is 16.2. The molecule has 0 radical (unpaired) electrons. The number of hydrogen-bond acceptors (Lipinski definition) is 3. The molecule has 0 atom stereocenters. The molecule has 0 spiro atoms. The summed E-state index contributed by atoms with van der Waals surface area (Å²) in [6, 6.07) is 8.99. The van der Waals surface area contributed by atoms with Crippen molar-refractivity contribution in [1.29, 1.82) is 0 Å². The standard InChI is InChI=1S/C22H31N3O/c1-17-22(19-8-4-5-9-20(19)23(17)2)21(26)16-24-14-10-18(11-15-24)25-12-6-3-7-13-25/h4-5,8-9,18H,3,6-7,10-16H2,1-2H3. The average molecular weight is 354 g/mol. The molecule has 3 heterocycles. The fourth-order valence-corrected chi connectivity index (χ4v) is 4.88. The minimum absolute atomic E-state index is 0.274. The highest BCUT2D eigenvalue weighted by atomic mass is 16.1. The van der Waals surface area contributed by atoms with Gasteiger partial charge in [0.15, 0.2) is 5.78 Å². The van der Waals surface area contributed by atoms with Crippen molar-refractivity contribution in [1.82, 2.24) is 14.4 Å². The number of likely N-dealkylation sites (tertiary alicyclic amines) is 2. The van der Waals surface area contributed by atoms with Gasteiger partial charge in [0.05, 0.1) is 6.54 Å². The van der Waals surface area contributed by atoms with E-state index >= 15 is 0 Å². The second-order valence-corrected chi connectivity index (χ2v) is 8.06. The van der Waals surface area contributed by atoms with Crippen LogP contribution in [0.1, 0.15) is 48.2 Å². The maximum atomic E-state index is 13.1. The molecule has 0 N–H and O–H groups in total. The number of benzene rings is 1. The van der Waals surface area contributed by atoms with Gasteiger partial charge in [-0.15, -0.1) is 0 Å². The monoisotopic (exact) mass is 353 g/mol. The van der Waals surface area contributed by atoms with Gasteiger partial charge in [0.2, 0.25) is 0 Å². The molecule has 4 rings (SSSR count). The Balaban J connectivity index is 1.41. The van der Waals surface area contributed by atoms with E-state index in [0.717, 1.165) is 41.3 Å². The van der Waals surface area contributed by atoms with Gasteiger partial charge in [0.25, 0.3) is 0 Å². The Labute approximate surface area is 156 Å². The molecule has 26 heavy (non-hydrogen) atoms. The molecule has 4 heteroatoms. The lowest BCUT2D eigenvalue weighted by Crippen LogP contribution is -2.47. The lowest BCUT2D eigenvalue weighted by molar-refractivity contribution is 0.0775. The summed E-state index contributed by atoms with van der Waals surface area (Å²) in [4.78, 5) is 18.1. The van der Waals surface area contributed by atoms with Crippen molar-refractivity contribution in [2.45, 2.75) is 45.1 Å². The molecule has 2 saturated heterocycles. The number of piperidine rings is 2. The van der Waals surface area contributed by atoms with Gasteiger partial charge in [-0.2, -0.15) is 0 Å². The van der Waals surface area contributed by atoms with E-state index < -0.39 is 0 Å². The molecule has 0 amide bonds. The largest absolute Gasteiger partial charge is 0.347 e. The molecular weight excluding hydrogens is 322 g/mol. The van der Waals surface area contributed by atoms with Crippen LogP contribution in [0.2, 0.25) is 0 Å². The fourth-order valence-electron chi connectivity index (χ4n) is 4.88. The number of nitrogens with zero attached hydrogens (tertiary/aromatic N) is 3. The first-order valence-corrected chi connectivity index (χ1v) is 10.2. The third-order valence-corrected chi connectivity index (χ3v) is 6.51. The van der Waals surface area contributed by atoms with Crippen LogP contribution in [-0.2, 0) is 7.05 Å². The van der Waals surface area contributed by atoms with Crippen LogP contribution in [0.15, 0.2) is 24.3 Å². The van der Waals surface area contributed by atoms with Crippen LogP contribution in [0.3, 0.4) is 0 Å². The summed E-state index contributed by atoms with van der Waals surface area (Å²) in [5.41, 5.74) is 3.15. The normalized spacial score (nSPS) is 20.7. The van der Waals surface area contributed by atoms with Gasteiger partial charge in [-0.05, 0) is 51.8 Å². The summed E-state index contributed by atoms with van der Waals surface area (Å²) in [5.74, 6) is 0.274. The van der Waals surface area contributed by atoms with E-state index in [4.69, 9.17) is 0 Å². The van der Waals surface area contributed by atoms with Crippen molar-refractivity contribution in [3.8, 4) is 0 Å². The minimum atomic E-state index is 0.274. The Kier molecular flexibility index (Phi) is 5.14. The highest BCUT2D eigenvalue weighted by molar-refractivity contribution is 6.10. The zero-order chi connectivity index (χ0) is 18.1. The highest BCUT2D eigenvalue weighted by Gasteiger charge is 2.27. The number of ketones is 1. The molecule has 2 aromatic rings. The number of Topliss-reactive ketones (excluding diaryl/α,β-unsaturated/α-hetero) is 1. The summed E-state index contributed by atoms with van der Waals surface area (Å²) in [6.07, 6.45) is 6.54. The Hall–Kier alpha value is -1.65. The van der Waals surface area contributed by atoms with Crippen LogP contribution < -0.4 is 0 Å². The first kappa shape index (κ1) is 17.7. The molecule has 140 valence electrons. The van der Waals surface area contributed by atoms with Gasteiger partial charge in [-0.3, -0.25) is 9.69 Å². The topological polar surface area (TPSA) is 28.5 Å². The van der Waals surface area contributed by atoms with Crippen LogP contribution in [0.5, 0.6) is 0 Å². The SMILES string of the molecule is Cc1c(C(=O)CN2CCC(N3CCCCC3)CC2)c2ccccc2n1C. The zero-order valence-electron chi connectivity index (χ0n) is 16.2. The van der Waals surface area contributed by atoms with Crippen molar-refractivity contribution < 1.29 is 4.79 Å². The maximum absolute atomic E-state index is 13.1. The highest BCUT2D eigenvalue weighted by Crippen LogP contribution is 2.26. The quantitative estimate of drug-likeness (QED) is 0.786. The number of hydrogen-bond donors (Lipinski definition) is 0. The molecule has 4 nitrogen and oxygen atoms in total. The lowest BCUT2D eigenvalue weighted by atomic mass is 9.99.